The van der Waals surface area contributed by atoms with Gasteiger partial charge in [0.1, 0.15) is 5.69 Å². The van der Waals surface area contributed by atoms with Gasteiger partial charge >= 0.3 is 0 Å². The molecule has 1 aromatic rings. The summed E-state index contributed by atoms with van der Waals surface area (Å²) in [6.07, 6.45) is 1.73. The lowest BCUT2D eigenvalue weighted by molar-refractivity contribution is 0.386. The summed E-state index contributed by atoms with van der Waals surface area (Å²) in [6.45, 7) is 2.56. The second-order valence-corrected chi connectivity index (χ2v) is 2.50. The highest BCUT2D eigenvalue weighted by Crippen LogP contribution is 2.11. The molecular formula is C8H13N3O. The zero-order valence-electron chi connectivity index (χ0n) is 7.59. The maximum absolute atomic E-state index is 5.07. The number of hydrogen-bond donors (Lipinski definition) is 1. The van der Waals surface area contributed by atoms with Crippen LogP contribution in [0.4, 0.5) is 0 Å². The van der Waals surface area contributed by atoms with Crippen LogP contribution in [0.3, 0.4) is 0 Å². The number of nitrogens with one attached hydrogen (secondary N) is 1. The number of aryl methyl sites for hydroxylation is 1. The van der Waals surface area contributed by atoms with Gasteiger partial charge in [0.25, 0.3) is 0 Å². The highest BCUT2D eigenvalue weighted by molar-refractivity contribution is 5.19. The Morgan fingerprint density at radius 3 is 2.92 bits per heavy atom. The Bertz CT molecular complexity index is 262. The van der Waals surface area contributed by atoms with E-state index in [1.807, 2.05) is 14.0 Å². The highest BCUT2D eigenvalue weighted by atomic mass is 16.5. The average Bonchev–Trinajstić information content (AvgIpc) is 2.08. The van der Waals surface area contributed by atoms with Crippen LogP contribution in [0.15, 0.2) is 6.20 Å². The monoisotopic (exact) mass is 167 g/mol. The molecule has 0 aliphatic heterocycles. The van der Waals surface area contributed by atoms with Crippen molar-refractivity contribution in [3.05, 3.63) is 17.6 Å². The van der Waals surface area contributed by atoms with E-state index in [2.05, 4.69) is 15.3 Å². The van der Waals surface area contributed by atoms with Crippen molar-refractivity contribution in [1.29, 1.82) is 0 Å². The van der Waals surface area contributed by atoms with Crippen LogP contribution in [-0.2, 0) is 6.54 Å². The van der Waals surface area contributed by atoms with Crippen LogP contribution in [0.25, 0.3) is 0 Å². The number of rotatable bonds is 3. The zero-order chi connectivity index (χ0) is 8.97. The van der Waals surface area contributed by atoms with E-state index in [1.54, 1.807) is 13.3 Å². The molecule has 0 radical (unpaired) electrons. The third-order valence-corrected chi connectivity index (χ3v) is 1.47. The molecule has 1 heterocycles. The predicted octanol–water partition coefficient (Wildman–Crippen LogP) is 0.513. The molecule has 0 fully saturated rings. The first kappa shape index (κ1) is 8.93. The van der Waals surface area contributed by atoms with Crippen LogP contribution in [0.5, 0.6) is 5.88 Å². The molecule has 0 aliphatic carbocycles. The molecule has 66 valence electrons. The smallest absolute Gasteiger partial charge is 0.236 e. The minimum atomic E-state index is 0.601. The van der Waals surface area contributed by atoms with Gasteiger partial charge in [-0.05, 0) is 14.0 Å². The van der Waals surface area contributed by atoms with Crippen LogP contribution in [0, 0.1) is 6.92 Å². The van der Waals surface area contributed by atoms with Crippen LogP contribution >= 0.6 is 0 Å². The van der Waals surface area contributed by atoms with Gasteiger partial charge in [-0.1, -0.05) is 0 Å². The zero-order valence-corrected chi connectivity index (χ0v) is 7.59. The van der Waals surface area contributed by atoms with Gasteiger partial charge in [-0.2, -0.15) is 0 Å². The molecular weight excluding hydrogens is 154 g/mol. The van der Waals surface area contributed by atoms with Crippen molar-refractivity contribution < 1.29 is 4.74 Å². The van der Waals surface area contributed by atoms with Gasteiger partial charge in [0, 0.05) is 12.7 Å². The van der Waals surface area contributed by atoms with Crippen LogP contribution < -0.4 is 10.1 Å². The van der Waals surface area contributed by atoms with E-state index in [9.17, 15) is 0 Å². The number of methoxy groups -OCH3 is 1. The van der Waals surface area contributed by atoms with Crippen molar-refractivity contribution in [1.82, 2.24) is 15.3 Å². The Hall–Kier alpha value is -1.16. The molecule has 1 aromatic heterocycles. The fourth-order valence-corrected chi connectivity index (χ4v) is 0.932. The molecule has 1 rings (SSSR count). The largest absolute Gasteiger partial charge is 0.480 e. The Labute approximate surface area is 72.0 Å². The van der Waals surface area contributed by atoms with Gasteiger partial charge in [-0.15, -0.1) is 0 Å². The maximum Gasteiger partial charge on any atom is 0.236 e. The molecule has 4 nitrogen and oxygen atoms in total. The van der Waals surface area contributed by atoms with Gasteiger partial charge < -0.3 is 10.1 Å². The van der Waals surface area contributed by atoms with Gasteiger partial charge in [0.05, 0.1) is 12.8 Å². The quantitative estimate of drug-likeness (QED) is 0.712. The molecule has 1 N–H and O–H groups in total. The number of nitrogens with zero attached hydrogens (tertiary/aromatic N) is 2. The minimum absolute atomic E-state index is 0.601. The molecule has 0 bridgehead atoms. The molecule has 4 heteroatoms. The molecule has 0 unspecified atom stereocenters. The number of aromatic nitrogens is 2. The number of hydrogen-bond acceptors (Lipinski definition) is 4. The van der Waals surface area contributed by atoms with Crippen LogP contribution in [0.1, 0.15) is 11.4 Å². The molecule has 0 saturated carbocycles. The summed E-state index contributed by atoms with van der Waals surface area (Å²) < 4.78 is 5.07. The Kier molecular flexibility index (Phi) is 2.99. The summed E-state index contributed by atoms with van der Waals surface area (Å²) in [5.41, 5.74) is 1.71. The molecule has 0 aliphatic rings. The summed E-state index contributed by atoms with van der Waals surface area (Å²) in [5.74, 6) is 0.601. The van der Waals surface area contributed by atoms with Crippen LogP contribution in [0.2, 0.25) is 0 Å². The van der Waals surface area contributed by atoms with Gasteiger partial charge in [-0.3, -0.25) is 4.98 Å². The van der Waals surface area contributed by atoms with E-state index in [-0.39, 0.29) is 0 Å². The molecule has 0 amide bonds. The maximum atomic E-state index is 5.07. The van der Waals surface area contributed by atoms with Gasteiger partial charge in [0.2, 0.25) is 5.88 Å². The van der Waals surface area contributed by atoms with E-state index in [4.69, 9.17) is 4.74 Å². The van der Waals surface area contributed by atoms with Crippen molar-refractivity contribution in [2.45, 2.75) is 13.5 Å². The topological polar surface area (TPSA) is 47.0 Å². The van der Waals surface area contributed by atoms with E-state index in [0.29, 0.717) is 12.4 Å². The van der Waals surface area contributed by atoms with E-state index in [0.717, 1.165) is 11.4 Å². The fraction of sp³-hybridized carbons (Fsp3) is 0.500. The highest BCUT2D eigenvalue weighted by Gasteiger charge is 2.04. The summed E-state index contributed by atoms with van der Waals surface area (Å²) >= 11 is 0. The standard InChI is InChI=1S/C8H13N3O/c1-6-4-10-7(5-9-2)8(11-6)12-3/h4,9H,5H2,1-3H3. The third kappa shape index (κ3) is 1.92. The molecule has 0 spiro atoms. The second kappa shape index (κ2) is 4.01. The van der Waals surface area contributed by atoms with E-state index in [1.165, 1.54) is 0 Å². The number of ether oxygens (including phenoxy) is 1. The molecule has 0 atom stereocenters. The van der Waals surface area contributed by atoms with Crippen molar-refractivity contribution in [3.8, 4) is 5.88 Å². The Morgan fingerprint density at radius 1 is 1.58 bits per heavy atom. The normalized spacial score (nSPS) is 9.92. The van der Waals surface area contributed by atoms with Crippen molar-refractivity contribution in [2.24, 2.45) is 0 Å². The fourth-order valence-electron chi connectivity index (χ4n) is 0.932. The van der Waals surface area contributed by atoms with Gasteiger partial charge in [-0.25, -0.2) is 4.98 Å². The molecule has 12 heavy (non-hydrogen) atoms. The first-order valence-corrected chi connectivity index (χ1v) is 3.79. The van der Waals surface area contributed by atoms with Crippen molar-refractivity contribution >= 4 is 0 Å². The van der Waals surface area contributed by atoms with E-state index >= 15 is 0 Å². The predicted molar refractivity (Wildman–Crippen MR) is 46.1 cm³/mol. The Morgan fingerprint density at radius 2 is 2.33 bits per heavy atom. The second-order valence-electron chi connectivity index (χ2n) is 2.50. The first-order chi connectivity index (χ1) is 5.77. The lowest BCUT2D eigenvalue weighted by Crippen LogP contribution is -2.09. The lowest BCUT2D eigenvalue weighted by Gasteiger charge is -2.05. The minimum Gasteiger partial charge on any atom is -0.480 e. The summed E-state index contributed by atoms with van der Waals surface area (Å²) in [5, 5.41) is 3.00. The summed E-state index contributed by atoms with van der Waals surface area (Å²) in [7, 11) is 3.46. The van der Waals surface area contributed by atoms with E-state index < -0.39 is 0 Å². The third-order valence-electron chi connectivity index (χ3n) is 1.47. The SMILES string of the molecule is CNCc1ncc(C)nc1OC. The summed E-state index contributed by atoms with van der Waals surface area (Å²) in [4.78, 5) is 8.37. The Balaban J connectivity index is 2.94. The lowest BCUT2D eigenvalue weighted by atomic mass is 10.4. The average molecular weight is 167 g/mol. The van der Waals surface area contributed by atoms with Gasteiger partial charge in [0.15, 0.2) is 0 Å². The van der Waals surface area contributed by atoms with Crippen molar-refractivity contribution in [3.63, 3.8) is 0 Å². The molecule has 0 saturated heterocycles. The van der Waals surface area contributed by atoms with Crippen LogP contribution in [-0.4, -0.2) is 24.1 Å². The molecule has 0 aromatic carbocycles. The summed E-state index contributed by atoms with van der Waals surface area (Å²) in [6, 6.07) is 0. The van der Waals surface area contributed by atoms with Crippen molar-refractivity contribution in [2.75, 3.05) is 14.2 Å². The first-order valence-electron chi connectivity index (χ1n) is 3.79.